The van der Waals surface area contributed by atoms with Crippen molar-refractivity contribution in [3.05, 3.63) is 16.0 Å². The lowest BCUT2D eigenvalue weighted by Crippen LogP contribution is -2.09. The summed E-state index contributed by atoms with van der Waals surface area (Å²) in [6.45, 7) is 3.73. The zero-order chi connectivity index (χ0) is 11.4. The fourth-order valence-corrected chi connectivity index (χ4v) is 2.12. The molecule has 0 aliphatic heterocycles. The van der Waals surface area contributed by atoms with Crippen molar-refractivity contribution in [2.24, 2.45) is 0 Å². The summed E-state index contributed by atoms with van der Waals surface area (Å²) in [6.07, 6.45) is -0.194. The smallest absolute Gasteiger partial charge is 0.239 e. The Morgan fingerprint density at radius 2 is 2.13 bits per heavy atom. The molecule has 0 bridgehead atoms. The van der Waals surface area contributed by atoms with E-state index >= 15 is 0 Å². The summed E-state index contributed by atoms with van der Waals surface area (Å²) < 4.78 is 0. The van der Waals surface area contributed by atoms with Crippen molar-refractivity contribution in [3.8, 4) is 12.1 Å². The summed E-state index contributed by atoms with van der Waals surface area (Å²) in [6, 6.07) is 3.80. The van der Waals surface area contributed by atoms with Crippen LogP contribution in [-0.4, -0.2) is 5.91 Å². The molecular formula is C10H9N3OS. The van der Waals surface area contributed by atoms with E-state index in [9.17, 15) is 4.79 Å². The number of amides is 1. The molecule has 1 aromatic heterocycles. The molecule has 0 fully saturated rings. The number of nitrogens with zero attached hydrogens (tertiary/aromatic N) is 2. The number of carbonyl (C=O) groups is 1. The van der Waals surface area contributed by atoms with Gasteiger partial charge in [0, 0.05) is 4.88 Å². The lowest BCUT2D eigenvalue weighted by molar-refractivity contribution is -0.115. The lowest BCUT2D eigenvalue weighted by Gasteiger charge is -1.98. The van der Waals surface area contributed by atoms with Gasteiger partial charge in [-0.05, 0) is 19.4 Å². The number of hydrogen-bond acceptors (Lipinski definition) is 4. The van der Waals surface area contributed by atoms with Gasteiger partial charge in [-0.25, -0.2) is 0 Å². The minimum Gasteiger partial charge on any atom is -0.316 e. The molecule has 0 saturated carbocycles. The van der Waals surface area contributed by atoms with Crippen LogP contribution in [0.3, 0.4) is 0 Å². The predicted molar refractivity (Wildman–Crippen MR) is 57.4 cm³/mol. The van der Waals surface area contributed by atoms with Crippen LogP contribution in [0.15, 0.2) is 0 Å². The van der Waals surface area contributed by atoms with Crippen molar-refractivity contribution < 1.29 is 4.79 Å². The largest absolute Gasteiger partial charge is 0.316 e. The topological polar surface area (TPSA) is 76.7 Å². The molecule has 1 rings (SSSR count). The van der Waals surface area contributed by atoms with Crippen molar-refractivity contribution in [1.82, 2.24) is 0 Å². The first-order chi connectivity index (χ1) is 7.10. The van der Waals surface area contributed by atoms with Gasteiger partial charge in [-0.2, -0.15) is 10.5 Å². The SMILES string of the molecule is Cc1sc(NC(=O)CC#N)c(C#N)c1C. The molecule has 0 atom stereocenters. The van der Waals surface area contributed by atoms with Gasteiger partial charge in [0.25, 0.3) is 0 Å². The van der Waals surface area contributed by atoms with E-state index < -0.39 is 0 Å². The third kappa shape index (κ3) is 2.34. The van der Waals surface area contributed by atoms with Gasteiger partial charge >= 0.3 is 0 Å². The van der Waals surface area contributed by atoms with Crippen LogP contribution in [0.1, 0.15) is 22.4 Å². The minimum absolute atomic E-state index is 0.194. The Morgan fingerprint density at radius 1 is 1.47 bits per heavy atom. The zero-order valence-electron chi connectivity index (χ0n) is 8.42. The second kappa shape index (κ2) is 4.59. The average Bonchev–Trinajstić information content (AvgIpc) is 2.42. The average molecular weight is 219 g/mol. The first-order valence-corrected chi connectivity index (χ1v) is 5.08. The number of nitrogens with one attached hydrogen (secondary N) is 1. The maximum Gasteiger partial charge on any atom is 0.239 e. The highest BCUT2D eigenvalue weighted by Crippen LogP contribution is 2.31. The maximum absolute atomic E-state index is 11.2. The Labute approximate surface area is 91.8 Å². The fraction of sp³-hybridized carbons (Fsp3) is 0.300. The van der Waals surface area contributed by atoms with Crippen LogP contribution in [0.5, 0.6) is 0 Å². The molecule has 15 heavy (non-hydrogen) atoms. The van der Waals surface area contributed by atoms with Crippen LogP contribution in [0.25, 0.3) is 0 Å². The molecule has 5 heteroatoms. The molecule has 0 spiro atoms. The first kappa shape index (κ1) is 11.2. The second-order valence-electron chi connectivity index (χ2n) is 2.98. The van der Waals surface area contributed by atoms with Crippen molar-refractivity contribution >= 4 is 22.2 Å². The van der Waals surface area contributed by atoms with E-state index in [0.717, 1.165) is 10.4 Å². The van der Waals surface area contributed by atoms with Gasteiger partial charge < -0.3 is 5.32 Å². The molecule has 1 aromatic rings. The maximum atomic E-state index is 11.2. The van der Waals surface area contributed by atoms with Crippen LogP contribution >= 0.6 is 11.3 Å². The van der Waals surface area contributed by atoms with E-state index in [-0.39, 0.29) is 12.3 Å². The van der Waals surface area contributed by atoms with Gasteiger partial charge in [0.05, 0.1) is 11.6 Å². The molecule has 1 N–H and O–H groups in total. The molecule has 0 aliphatic carbocycles. The molecule has 1 amide bonds. The Kier molecular flexibility index (Phi) is 3.43. The van der Waals surface area contributed by atoms with Gasteiger partial charge in [0.15, 0.2) is 0 Å². The van der Waals surface area contributed by atoms with E-state index in [2.05, 4.69) is 5.32 Å². The van der Waals surface area contributed by atoms with Crippen LogP contribution in [-0.2, 0) is 4.79 Å². The van der Waals surface area contributed by atoms with E-state index in [0.29, 0.717) is 10.6 Å². The van der Waals surface area contributed by atoms with E-state index in [1.54, 1.807) is 6.07 Å². The van der Waals surface area contributed by atoms with E-state index in [1.165, 1.54) is 11.3 Å². The summed E-state index contributed by atoms with van der Waals surface area (Å²) in [5, 5.41) is 20.3. The molecule has 0 aliphatic rings. The van der Waals surface area contributed by atoms with Gasteiger partial charge in [-0.1, -0.05) is 0 Å². The number of anilines is 1. The number of carbonyl (C=O) groups excluding carboxylic acids is 1. The van der Waals surface area contributed by atoms with E-state index in [4.69, 9.17) is 10.5 Å². The number of rotatable bonds is 2. The standard InChI is InChI=1S/C10H9N3OS/c1-6-7(2)15-10(8(6)5-12)13-9(14)3-4-11/h3H2,1-2H3,(H,13,14). The molecule has 0 unspecified atom stereocenters. The minimum atomic E-state index is -0.379. The number of nitriles is 2. The van der Waals surface area contributed by atoms with Gasteiger partial charge in [0.1, 0.15) is 17.5 Å². The molecule has 76 valence electrons. The Balaban J connectivity index is 2.97. The van der Waals surface area contributed by atoms with E-state index in [1.807, 2.05) is 19.9 Å². The third-order valence-electron chi connectivity index (χ3n) is 1.99. The number of hydrogen-bond donors (Lipinski definition) is 1. The monoisotopic (exact) mass is 219 g/mol. The van der Waals surface area contributed by atoms with Crippen molar-refractivity contribution in [3.63, 3.8) is 0 Å². The third-order valence-corrected chi connectivity index (χ3v) is 3.11. The first-order valence-electron chi connectivity index (χ1n) is 4.27. The Bertz CT molecular complexity index is 476. The summed E-state index contributed by atoms with van der Waals surface area (Å²) in [4.78, 5) is 12.2. The summed E-state index contributed by atoms with van der Waals surface area (Å²) in [5.41, 5.74) is 1.37. The highest BCUT2D eigenvalue weighted by Gasteiger charge is 2.13. The molecule has 1 heterocycles. The molecule has 4 nitrogen and oxygen atoms in total. The van der Waals surface area contributed by atoms with Crippen molar-refractivity contribution in [2.45, 2.75) is 20.3 Å². The Hall–Kier alpha value is -1.85. The second-order valence-corrected chi connectivity index (χ2v) is 4.21. The van der Waals surface area contributed by atoms with Crippen LogP contribution in [0, 0.1) is 36.5 Å². The lowest BCUT2D eigenvalue weighted by atomic mass is 10.2. The van der Waals surface area contributed by atoms with Crippen molar-refractivity contribution in [2.75, 3.05) is 5.32 Å². The molecular weight excluding hydrogens is 210 g/mol. The van der Waals surface area contributed by atoms with Gasteiger partial charge in [0.2, 0.25) is 5.91 Å². The number of thiophene rings is 1. The summed E-state index contributed by atoms with van der Waals surface area (Å²) in [7, 11) is 0. The molecule has 0 aromatic carbocycles. The fourth-order valence-electron chi connectivity index (χ4n) is 1.09. The normalized spacial score (nSPS) is 9.07. The van der Waals surface area contributed by atoms with Gasteiger partial charge in [-0.15, -0.1) is 11.3 Å². The summed E-state index contributed by atoms with van der Waals surface area (Å²) >= 11 is 1.36. The molecule has 0 saturated heterocycles. The van der Waals surface area contributed by atoms with Crippen LogP contribution < -0.4 is 5.32 Å². The van der Waals surface area contributed by atoms with Crippen molar-refractivity contribution in [1.29, 1.82) is 10.5 Å². The number of aryl methyl sites for hydroxylation is 1. The highest BCUT2D eigenvalue weighted by molar-refractivity contribution is 7.16. The highest BCUT2D eigenvalue weighted by atomic mass is 32.1. The Morgan fingerprint density at radius 3 is 2.67 bits per heavy atom. The van der Waals surface area contributed by atoms with Crippen LogP contribution in [0.4, 0.5) is 5.00 Å². The molecule has 0 radical (unpaired) electrons. The van der Waals surface area contributed by atoms with Crippen LogP contribution in [0.2, 0.25) is 0 Å². The quantitative estimate of drug-likeness (QED) is 0.827. The zero-order valence-corrected chi connectivity index (χ0v) is 9.23. The summed E-state index contributed by atoms with van der Waals surface area (Å²) in [5.74, 6) is -0.379. The van der Waals surface area contributed by atoms with Gasteiger partial charge in [-0.3, -0.25) is 4.79 Å². The predicted octanol–water partition coefficient (Wildman–Crippen LogP) is 2.09.